The van der Waals surface area contributed by atoms with Gasteiger partial charge in [0.1, 0.15) is 0 Å². The Balaban J connectivity index is 4.43. The third-order valence-electron chi connectivity index (χ3n) is 2.63. The number of hydrogen-bond acceptors (Lipinski definition) is 3. The maximum atomic E-state index is 11.9. The van der Waals surface area contributed by atoms with Crippen LogP contribution in [-0.2, 0) is 4.79 Å². The molecule has 4 heteroatoms. The van der Waals surface area contributed by atoms with E-state index in [4.69, 9.17) is 10.8 Å². The summed E-state index contributed by atoms with van der Waals surface area (Å²) >= 11 is 0. The van der Waals surface area contributed by atoms with Gasteiger partial charge in [-0.15, -0.1) is 0 Å². The highest BCUT2D eigenvalue weighted by atomic mass is 16.3. The molecule has 4 nitrogen and oxygen atoms in total. The molecule has 0 saturated heterocycles. The van der Waals surface area contributed by atoms with E-state index in [0.717, 1.165) is 0 Å². The smallest absolute Gasteiger partial charge is 0.229 e. The molecule has 0 saturated carbocycles. The molecule has 3 N–H and O–H groups in total. The monoisotopic (exact) mass is 202 g/mol. The van der Waals surface area contributed by atoms with E-state index in [-0.39, 0.29) is 5.91 Å². The van der Waals surface area contributed by atoms with E-state index in [0.29, 0.717) is 19.5 Å². The molecule has 0 radical (unpaired) electrons. The molecule has 2 atom stereocenters. The first-order valence-electron chi connectivity index (χ1n) is 5.01. The predicted molar refractivity (Wildman–Crippen MR) is 56.8 cm³/mol. The predicted octanol–water partition coefficient (Wildman–Crippen LogP) is 0.201. The fourth-order valence-corrected chi connectivity index (χ4v) is 1.32. The summed E-state index contributed by atoms with van der Waals surface area (Å²) in [6.07, 6.45) is 0.217. The molecule has 1 amide bonds. The number of hydrogen-bond donors (Lipinski definition) is 2. The number of aliphatic hydroxyl groups is 1. The van der Waals surface area contributed by atoms with Crippen molar-refractivity contribution in [1.82, 2.24) is 4.90 Å². The van der Waals surface area contributed by atoms with Gasteiger partial charge in [-0.25, -0.2) is 0 Å². The van der Waals surface area contributed by atoms with Gasteiger partial charge in [0, 0.05) is 20.1 Å². The number of carbonyl (C=O) groups excluding carboxylic acids is 1. The number of rotatable bonds is 5. The van der Waals surface area contributed by atoms with E-state index in [2.05, 4.69) is 0 Å². The average molecular weight is 202 g/mol. The minimum Gasteiger partial charge on any atom is -0.392 e. The largest absolute Gasteiger partial charge is 0.392 e. The Morgan fingerprint density at radius 2 is 2.14 bits per heavy atom. The maximum Gasteiger partial charge on any atom is 0.229 e. The second-order valence-electron chi connectivity index (χ2n) is 4.15. The third kappa shape index (κ3) is 3.27. The fraction of sp³-hybridized carbons (Fsp3) is 0.900. The van der Waals surface area contributed by atoms with Crippen LogP contribution < -0.4 is 5.73 Å². The Hall–Kier alpha value is -0.610. The molecular weight excluding hydrogens is 180 g/mol. The molecule has 0 aromatic heterocycles. The lowest BCUT2D eigenvalue weighted by atomic mass is 9.86. The van der Waals surface area contributed by atoms with Crippen molar-refractivity contribution in [2.75, 3.05) is 20.1 Å². The molecule has 0 aliphatic rings. The highest BCUT2D eigenvalue weighted by Gasteiger charge is 2.32. The minimum atomic E-state index is -0.497. The van der Waals surface area contributed by atoms with Crippen LogP contribution in [0.3, 0.4) is 0 Å². The quantitative estimate of drug-likeness (QED) is 0.669. The summed E-state index contributed by atoms with van der Waals surface area (Å²) in [5.41, 5.74) is 5.08. The van der Waals surface area contributed by atoms with E-state index >= 15 is 0 Å². The summed E-state index contributed by atoms with van der Waals surface area (Å²) in [5, 5.41) is 9.16. The van der Waals surface area contributed by atoms with Gasteiger partial charge in [0.15, 0.2) is 0 Å². The number of amides is 1. The SMILES string of the molecule is CCC(C)(CN)C(=O)N(C)CC(C)O. The zero-order chi connectivity index (χ0) is 11.4. The Bertz CT molecular complexity index is 189. The van der Waals surface area contributed by atoms with Gasteiger partial charge in [-0.05, 0) is 20.3 Å². The van der Waals surface area contributed by atoms with Crippen LogP contribution in [0.2, 0.25) is 0 Å². The second-order valence-corrected chi connectivity index (χ2v) is 4.15. The third-order valence-corrected chi connectivity index (χ3v) is 2.63. The van der Waals surface area contributed by atoms with Crippen molar-refractivity contribution in [2.24, 2.45) is 11.1 Å². The highest BCUT2D eigenvalue weighted by Crippen LogP contribution is 2.21. The number of carbonyl (C=O) groups is 1. The number of nitrogens with two attached hydrogens (primary N) is 1. The van der Waals surface area contributed by atoms with Crippen molar-refractivity contribution in [1.29, 1.82) is 0 Å². The van der Waals surface area contributed by atoms with Gasteiger partial charge in [-0.2, -0.15) is 0 Å². The van der Waals surface area contributed by atoms with Gasteiger partial charge in [-0.1, -0.05) is 6.92 Å². The summed E-state index contributed by atoms with van der Waals surface area (Å²) in [6, 6.07) is 0. The lowest BCUT2D eigenvalue weighted by molar-refractivity contribution is -0.140. The summed E-state index contributed by atoms with van der Waals surface area (Å²) in [6.45, 7) is 6.16. The Morgan fingerprint density at radius 1 is 1.64 bits per heavy atom. The second kappa shape index (κ2) is 5.32. The zero-order valence-corrected chi connectivity index (χ0v) is 9.58. The molecule has 84 valence electrons. The summed E-state index contributed by atoms with van der Waals surface area (Å²) in [4.78, 5) is 13.4. The van der Waals surface area contributed by atoms with Gasteiger partial charge >= 0.3 is 0 Å². The van der Waals surface area contributed by atoms with Gasteiger partial charge < -0.3 is 15.7 Å². The minimum absolute atomic E-state index is 0.00315. The van der Waals surface area contributed by atoms with E-state index < -0.39 is 11.5 Å². The molecule has 0 spiro atoms. The summed E-state index contributed by atoms with van der Waals surface area (Å²) < 4.78 is 0. The lowest BCUT2D eigenvalue weighted by Crippen LogP contribution is -2.46. The molecule has 0 bridgehead atoms. The standard InChI is InChI=1S/C10H22N2O2/c1-5-10(3,7-11)9(14)12(4)6-8(2)13/h8,13H,5-7,11H2,1-4H3. The van der Waals surface area contributed by atoms with Crippen LogP contribution in [0.1, 0.15) is 27.2 Å². The van der Waals surface area contributed by atoms with Crippen LogP contribution in [0, 0.1) is 5.41 Å². The number of aliphatic hydroxyl groups excluding tert-OH is 1. The number of likely N-dealkylation sites (N-methyl/N-ethyl adjacent to an activating group) is 1. The topological polar surface area (TPSA) is 66.6 Å². The van der Waals surface area contributed by atoms with Crippen molar-refractivity contribution in [3.05, 3.63) is 0 Å². The molecule has 0 fully saturated rings. The zero-order valence-electron chi connectivity index (χ0n) is 9.58. The average Bonchev–Trinajstić information content (AvgIpc) is 2.14. The Morgan fingerprint density at radius 3 is 2.43 bits per heavy atom. The number of nitrogens with zero attached hydrogens (tertiary/aromatic N) is 1. The van der Waals surface area contributed by atoms with E-state index in [1.54, 1.807) is 18.9 Å². The normalized spacial score (nSPS) is 17.3. The first-order chi connectivity index (χ1) is 6.37. The van der Waals surface area contributed by atoms with Gasteiger partial charge in [-0.3, -0.25) is 4.79 Å². The first-order valence-corrected chi connectivity index (χ1v) is 5.01. The van der Waals surface area contributed by atoms with Crippen molar-refractivity contribution in [3.63, 3.8) is 0 Å². The molecule has 0 rings (SSSR count). The van der Waals surface area contributed by atoms with Crippen LogP contribution in [-0.4, -0.2) is 42.2 Å². The highest BCUT2D eigenvalue weighted by molar-refractivity contribution is 5.82. The van der Waals surface area contributed by atoms with Crippen LogP contribution in [0.5, 0.6) is 0 Å². The fourth-order valence-electron chi connectivity index (χ4n) is 1.32. The molecule has 0 aromatic carbocycles. The summed E-state index contributed by atoms with van der Waals surface area (Å²) in [7, 11) is 1.69. The molecule has 0 aliphatic carbocycles. The van der Waals surface area contributed by atoms with Gasteiger partial charge in [0.2, 0.25) is 5.91 Å². The Labute approximate surface area is 86.1 Å². The molecule has 14 heavy (non-hydrogen) atoms. The molecule has 0 aromatic rings. The van der Waals surface area contributed by atoms with Crippen LogP contribution in [0.15, 0.2) is 0 Å². The molecular formula is C10H22N2O2. The maximum absolute atomic E-state index is 11.9. The van der Waals surface area contributed by atoms with Gasteiger partial charge in [0.05, 0.1) is 11.5 Å². The molecule has 2 unspecified atom stereocenters. The lowest BCUT2D eigenvalue weighted by Gasteiger charge is -2.31. The van der Waals surface area contributed by atoms with Crippen LogP contribution in [0.4, 0.5) is 0 Å². The van der Waals surface area contributed by atoms with Crippen molar-refractivity contribution in [3.8, 4) is 0 Å². The van der Waals surface area contributed by atoms with E-state index in [1.165, 1.54) is 0 Å². The van der Waals surface area contributed by atoms with Gasteiger partial charge in [0.25, 0.3) is 0 Å². The van der Waals surface area contributed by atoms with E-state index in [9.17, 15) is 4.79 Å². The molecule has 0 heterocycles. The van der Waals surface area contributed by atoms with E-state index in [1.807, 2.05) is 13.8 Å². The first kappa shape index (κ1) is 13.4. The summed E-state index contributed by atoms with van der Waals surface area (Å²) in [5.74, 6) is 0.00315. The molecule has 0 aliphatic heterocycles. The van der Waals surface area contributed by atoms with Crippen LogP contribution >= 0.6 is 0 Å². The van der Waals surface area contributed by atoms with Crippen molar-refractivity contribution < 1.29 is 9.90 Å². The van der Waals surface area contributed by atoms with Crippen LogP contribution in [0.25, 0.3) is 0 Å². The Kier molecular flexibility index (Phi) is 5.08. The van der Waals surface area contributed by atoms with Crippen molar-refractivity contribution in [2.45, 2.75) is 33.3 Å². The van der Waals surface area contributed by atoms with Crippen molar-refractivity contribution >= 4 is 5.91 Å².